The number of non-ortho nitro benzene ring substituents is 1. The van der Waals surface area contributed by atoms with Crippen LogP contribution in [0.5, 0.6) is 0 Å². The minimum atomic E-state index is -0.530. The maximum atomic E-state index is 12.6. The van der Waals surface area contributed by atoms with E-state index in [2.05, 4.69) is 0 Å². The van der Waals surface area contributed by atoms with Crippen molar-refractivity contribution in [2.45, 2.75) is 0 Å². The maximum absolute atomic E-state index is 12.6. The number of benzene rings is 2. The summed E-state index contributed by atoms with van der Waals surface area (Å²) in [6, 6.07) is 11.6. The third-order valence-corrected chi connectivity index (χ3v) is 4.53. The fraction of sp³-hybridized carbons (Fsp3) is 0.222. The van der Waals surface area contributed by atoms with E-state index in [1.165, 1.54) is 36.4 Å². The molecule has 1 aliphatic rings. The molecule has 0 atom stereocenters. The third kappa shape index (κ3) is 3.73. The Morgan fingerprint density at radius 1 is 0.964 bits per heavy atom. The first-order valence-electron chi connectivity index (χ1n) is 8.38. The van der Waals surface area contributed by atoms with Crippen molar-refractivity contribution in [1.82, 2.24) is 4.90 Å². The Morgan fingerprint density at radius 2 is 1.61 bits per heavy atom. The Balaban J connectivity index is 1.71. The van der Waals surface area contributed by atoms with Crippen molar-refractivity contribution in [3.05, 3.63) is 73.8 Å². The number of nitrogens with zero attached hydrogens (tertiary/aromatic N) is 5. The molecular formula is C18H15N5O5. The quantitative estimate of drug-likeness (QED) is 0.586. The Bertz CT molecular complexity index is 975. The van der Waals surface area contributed by atoms with Gasteiger partial charge in [0, 0.05) is 49.9 Å². The van der Waals surface area contributed by atoms with Crippen LogP contribution in [0.1, 0.15) is 15.9 Å². The van der Waals surface area contributed by atoms with E-state index in [0.717, 1.165) is 0 Å². The van der Waals surface area contributed by atoms with Gasteiger partial charge in [0.05, 0.1) is 21.5 Å². The molecule has 1 saturated heterocycles. The lowest BCUT2D eigenvalue weighted by Crippen LogP contribution is -2.49. The van der Waals surface area contributed by atoms with Crippen molar-refractivity contribution in [1.29, 1.82) is 5.26 Å². The summed E-state index contributed by atoms with van der Waals surface area (Å²) in [5.41, 5.74) is 0.737. The molecule has 0 radical (unpaired) electrons. The summed E-state index contributed by atoms with van der Waals surface area (Å²) in [5.74, 6) is -0.246. The molecule has 0 N–H and O–H groups in total. The Kier molecular flexibility index (Phi) is 5.17. The Morgan fingerprint density at radius 3 is 2.14 bits per heavy atom. The lowest BCUT2D eigenvalue weighted by molar-refractivity contribution is -0.384. The number of hydrogen-bond acceptors (Lipinski definition) is 7. The number of piperazine rings is 1. The van der Waals surface area contributed by atoms with Crippen LogP contribution < -0.4 is 4.90 Å². The normalized spacial score (nSPS) is 13.7. The minimum absolute atomic E-state index is 0.0884. The first kappa shape index (κ1) is 18.8. The molecule has 142 valence electrons. The van der Waals surface area contributed by atoms with Crippen LogP contribution in [0.3, 0.4) is 0 Å². The zero-order valence-electron chi connectivity index (χ0n) is 14.6. The lowest BCUT2D eigenvalue weighted by atomic mass is 10.1. The lowest BCUT2D eigenvalue weighted by Gasteiger charge is -2.35. The van der Waals surface area contributed by atoms with Gasteiger partial charge in [-0.05, 0) is 24.3 Å². The molecule has 10 nitrogen and oxygen atoms in total. The molecule has 1 amide bonds. The van der Waals surface area contributed by atoms with E-state index in [0.29, 0.717) is 37.4 Å². The average Bonchev–Trinajstić information content (AvgIpc) is 2.73. The second-order valence-corrected chi connectivity index (χ2v) is 6.16. The third-order valence-electron chi connectivity index (χ3n) is 4.53. The van der Waals surface area contributed by atoms with E-state index >= 15 is 0 Å². The van der Waals surface area contributed by atoms with Crippen LogP contribution in [0.2, 0.25) is 0 Å². The van der Waals surface area contributed by atoms with Crippen LogP contribution in [0.4, 0.5) is 17.1 Å². The maximum Gasteiger partial charge on any atom is 0.293 e. The van der Waals surface area contributed by atoms with Gasteiger partial charge < -0.3 is 9.80 Å². The van der Waals surface area contributed by atoms with Crippen LogP contribution in [0.25, 0.3) is 0 Å². The van der Waals surface area contributed by atoms with Gasteiger partial charge in [-0.15, -0.1) is 0 Å². The highest BCUT2D eigenvalue weighted by Crippen LogP contribution is 2.30. The van der Waals surface area contributed by atoms with Gasteiger partial charge in [-0.25, -0.2) is 0 Å². The molecule has 2 aromatic rings. The molecule has 2 aromatic carbocycles. The number of nitro benzene ring substituents is 2. The molecule has 1 aliphatic heterocycles. The summed E-state index contributed by atoms with van der Waals surface area (Å²) >= 11 is 0. The highest BCUT2D eigenvalue weighted by molar-refractivity contribution is 5.94. The SMILES string of the molecule is N#Cc1ccc(N2CCN(C(=O)c3ccc([N+](=O)[O-])cc3)CC2)c([N+](=O)[O-])c1. The van der Waals surface area contributed by atoms with E-state index in [4.69, 9.17) is 5.26 Å². The molecule has 0 bridgehead atoms. The Labute approximate surface area is 159 Å². The summed E-state index contributed by atoms with van der Waals surface area (Å²) in [4.78, 5) is 37.0. The predicted molar refractivity (Wildman–Crippen MR) is 99.0 cm³/mol. The molecule has 1 fully saturated rings. The van der Waals surface area contributed by atoms with Gasteiger partial charge in [0.25, 0.3) is 17.3 Å². The van der Waals surface area contributed by atoms with Crippen molar-refractivity contribution in [2.75, 3.05) is 31.1 Å². The smallest absolute Gasteiger partial charge is 0.293 e. The molecule has 0 spiro atoms. The van der Waals surface area contributed by atoms with Gasteiger partial charge in [0.1, 0.15) is 5.69 Å². The van der Waals surface area contributed by atoms with Gasteiger partial charge >= 0.3 is 0 Å². The van der Waals surface area contributed by atoms with Crippen LogP contribution in [-0.4, -0.2) is 46.8 Å². The summed E-state index contributed by atoms with van der Waals surface area (Å²) in [6.45, 7) is 1.50. The standard InChI is InChI=1S/C18H15N5O5/c19-12-13-1-6-16(17(11-13)23(27)28)20-7-9-21(10-8-20)18(24)14-2-4-15(5-3-14)22(25)26/h1-6,11H,7-10H2. The van der Waals surface area contributed by atoms with E-state index in [1.54, 1.807) is 15.9 Å². The van der Waals surface area contributed by atoms with Crippen LogP contribution in [0, 0.1) is 31.6 Å². The van der Waals surface area contributed by atoms with Gasteiger partial charge in [0.15, 0.2) is 0 Å². The Hall–Kier alpha value is -4.00. The fourth-order valence-corrected chi connectivity index (χ4v) is 3.07. The number of anilines is 1. The number of carbonyl (C=O) groups is 1. The number of amides is 1. The first-order valence-corrected chi connectivity index (χ1v) is 8.38. The van der Waals surface area contributed by atoms with E-state index in [9.17, 15) is 25.0 Å². The highest BCUT2D eigenvalue weighted by Gasteiger charge is 2.26. The molecular weight excluding hydrogens is 366 g/mol. The van der Waals surface area contributed by atoms with Crippen molar-refractivity contribution in [3.8, 4) is 6.07 Å². The monoisotopic (exact) mass is 381 g/mol. The molecule has 0 saturated carbocycles. The summed E-state index contributed by atoms with van der Waals surface area (Å²) in [7, 11) is 0. The van der Waals surface area contributed by atoms with E-state index in [1.807, 2.05) is 6.07 Å². The average molecular weight is 381 g/mol. The summed E-state index contributed by atoms with van der Waals surface area (Å²) in [5, 5.41) is 31.0. The minimum Gasteiger partial charge on any atom is -0.362 e. The topological polar surface area (TPSA) is 134 Å². The van der Waals surface area contributed by atoms with Crippen molar-refractivity contribution < 1.29 is 14.6 Å². The van der Waals surface area contributed by atoms with Gasteiger partial charge in [-0.1, -0.05) is 0 Å². The molecule has 0 unspecified atom stereocenters. The number of rotatable bonds is 4. The van der Waals surface area contributed by atoms with Crippen molar-refractivity contribution >= 4 is 23.0 Å². The second-order valence-electron chi connectivity index (χ2n) is 6.16. The fourth-order valence-electron chi connectivity index (χ4n) is 3.07. The molecule has 0 aliphatic carbocycles. The molecule has 28 heavy (non-hydrogen) atoms. The number of carbonyl (C=O) groups excluding carboxylic acids is 1. The van der Waals surface area contributed by atoms with Crippen LogP contribution in [0.15, 0.2) is 42.5 Å². The highest BCUT2D eigenvalue weighted by atomic mass is 16.6. The van der Waals surface area contributed by atoms with Crippen LogP contribution >= 0.6 is 0 Å². The zero-order chi connectivity index (χ0) is 20.3. The molecule has 0 aromatic heterocycles. The molecule has 10 heteroatoms. The second kappa shape index (κ2) is 7.71. The van der Waals surface area contributed by atoms with E-state index in [-0.39, 0.29) is 22.8 Å². The predicted octanol–water partition coefficient (Wildman–Crippen LogP) is 2.34. The van der Waals surface area contributed by atoms with Gasteiger partial charge in [0.2, 0.25) is 0 Å². The number of nitriles is 1. The summed E-state index contributed by atoms with van der Waals surface area (Å²) in [6.07, 6.45) is 0. The van der Waals surface area contributed by atoms with Gasteiger partial charge in [-0.3, -0.25) is 25.0 Å². The van der Waals surface area contributed by atoms with Crippen molar-refractivity contribution in [3.63, 3.8) is 0 Å². The van der Waals surface area contributed by atoms with Crippen molar-refractivity contribution in [2.24, 2.45) is 0 Å². The van der Waals surface area contributed by atoms with Gasteiger partial charge in [-0.2, -0.15) is 5.26 Å². The molecule has 3 rings (SSSR count). The largest absolute Gasteiger partial charge is 0.362 e. The summed E-state index contributed by atoms with van der Waals surface area (Å²) < 4.78 is 0. The first-order chi connectivity index (χ1) is 13.4. The van der Waals surface area contributed by atoms with E-state index < -0.39 is 9.85 Å². The zero-order valence-corrected chi connectivity index (χ0v) is 14.6. The van der Waals surface area contributed by atoms with Crippen LogP contribution in [-0.2, 0) is 0 Å². The number of nitro groups is 2. The number of hydrogen-bond donors (Lipinski definition) is 0. The molecule has 1 heterocycles.